The third-order valence-corrected chi connectivity index (χ3v) is 7.62. The number of rotatable bonds is 6. The minimum absolute atomic E-state index is 0. The summed E-state index contributed by atoms with van der Waals surface area (Å²) in [5, 5.41) is -0.797. The topological polar surface area (TPSA) is 37.4 Å². The van der Waals surface area contributed by atoms with Gasteiger partial charge >= 0.3 is 6.18 Å². The van der Waals surface area contributed by atoms with Gasteiger partial charge in [-0.3, -0.25) is 4.90 Å². The van der Waals surface area contributed by atoms with Crippen molar-refractivity contribution < 1.29 is 21.6 Å². The van der Waals surface area contributed by atoms with Gasteiger partial charge < -0.3 is 0 Å². The Morgan fingerprint density at radius 2 is 1.63 bits per heavy atom. The van der Waals surface area contributed by atoms with E-state index in [4.69, 9.17) is 0 Å². The van der Waals surface area contributed by atoms with E-state index in [9.17, 15) is 21.6 Å². The Balaban J connectivity index is 0.00000364. The number of benzene rings is 1. The van der Waals surface area contributed by atoms with Gasteiger partial charge in [-0.05, 0) is 49.9 Å². The van der Waals surface area contributed by atoms with Crippen LogP contribution >= 0.6 is 12.4 Å². The number of likely N-dealkylation sites (tertiary alicyclic amines) is 1. The Morgan fingerprint density at radius 3 is 2.07 bits per heavy atom. The quantitative estimate of drug-likeness (QED) is 0.617. The number of hydrogen-bond donors (Lipinski definition) is 0. The summed E-state index contributed by atoms with van der Waals surface area (Å²) in [6.45, 7) is 6.31. The molecule has 0 aliphatic carbocycles. The molecule has 2 rings (SSSR count). The molecular formula is C19H29ClF3NO2S. The molecule has 8 heteroatoms. The standard InChI is InChI=1S/C19H28F3NO2S.ClH/c1-4-18(2,3)14-17(26(24,25)16-8-6-5-7-9-16)23-12-10-15(11-13-23)19(20,21)22;/h5-9,15,17H,4,10-14H2,1-3H3;1H. The fourth-order valence-corrected chi connectivity index (χ4v) is 5.46. The van der Waals surface area contributed by atoms with E-state index < -0.39 is 27.3 Å². The lowest BCUT2D eigenvalue weighted by Gasteiger charge is -2.40. The van der Waals surface area contributed by atoms with Crippen LogP contribution in [-0.4, -0.2) is 38.0 Å². The number of nitrogens with zero attached hydrogens (tertiary/aromatic N) is 1. The van der Waals surface area contributed by atoms with Crippen molar-refractivity contribution in [3.63, 3.8) is 0 Å². The van der Waals surface area contributed by atoms with Gasteiger partial charge in [0.15, 0.2) is 9.84 Å². The van der Waals surface area contributed by atoms with Crippen LogP contribution in [-0.2, 0) is 9.84 Å². The first kappa shape index (κ1) is 24.2. The molecule has 0 spiro atoms. The summed E-state index contributed by atoms with van der Waals surface area (Å²) in [7, 11) is -3.65. The average molecular weight is 428 g/mol. The van der Waals surface area contributed by atoms with E-state index in [1.807, 2.05) is 20.8 Å². The van der Waals surface area contributed by atoms with Crippen LogP contribution in [0.4, 0.5) is 13.2 Å². The predicted octanol–water partition coefficient (Wildman–Crippen LogP) is 5.31. The second kappa shape index (κ2) is 9.14. The molecule has 1 saturated heterocycles. The summed E-state index contributed by atoms with van der Waals surface area (Å²) in [4.78, 5) is 1.97. The summed E-state index contributed by atoms with van der Waals surface area (Å²) >= 11 is 0. The van der Waals surface area contributed by atoms with Gasteiger partial charge in [0.2, 0.25) is 0 Å². The molecule has 1 aliphatic heterocycles. The number of sulfone groups is 1. The molecule has 1 atom stereocenters. The normalized spacial score (nSPS) is 18.7. The summed E-state index contributed by atoms with van der Waals surface area (Å²) < 4.78 is 65.4. The maximum atomic E-state index is 13.2. The Labute approximate surface area is 166 Å². The molecule has 1 aromatic rings. The number of alkyl halides is 3. The first-order valence-corrected chi connectivity index (χ1v) is 10.6. The number of halogens is 4. The zero-order valence-electron chi connectivity index (χ0n) is 16.0. The third-order valence-electron chi connectivity index (χ3n) is 5.51. The molecule has 0 amide bonds. The third kappa shape index (κ3) is 6.09. The molecule has 1 aromatic carbocycles. The molecule has 156 valence electrons. The van der Waals surface area contributed by atoms with Crippen LogP contribution in [0.5, 0.6) is 0 Å². The Morgan fingerprint density at radius 1 is 1.11 bits per heavy atom. The summed E-state index contributed by atoms with van der Waals surface area (Å²) in [6, 6.07) is 8.21. The van der Waals surface area contributed by atoms with Crippen LogP contribution in [0.3, 0.4) is 0 Å². The van der Waals surface area contributed by atoms with Gasteiger partial charge in [-0.15, -0.1) is 12.4 Å². The van der Waals surface area contributed by atoms with Gasteiger partial charge in [-0.25, -0.2) is 8.42 Å². The zero-order valence-corrected chi connectivity index (χ0v) is 17.6. The Kier molecular flexibility index (Phi) is 8.21. The fraction of sp³-hybridized carbons (Fsp3) is 0.684. The second-order valence-corrected chi connectivity index (χ2v) is 9.99. The Hall–Kier alpha value is -0.790. The van der Waals surface area contributed by atoms with Gasteiger partial charge in [-0.1, -0.05) is 45.4 Å². The van der Waals surface area contributed by atoms with Crippen LogP contribution in [0.25, 0.3) is 0 Å². The molecule has 1 unspecified atom stereocenters. The highest BCUT2D eigenvalue weighted by Crippen LogP contribution is 2.38. The van der Waals surface area contributed by atoms with Crippen LogP contribution in [0.2, 0.25) is 0 Å². The molecule has 0 saturated carbocycles. The van der Waals surface area contributed by atoms with Crippen LogP contribution < -0.4 is 0 Å². The van der Waals surface area contributed by atoms with Gasteiger partial charge in [0.25, 0.3) is 0 Å². The molecular weight excluding hydrogens is 399 g/mol. The lowest BCUT2D eigenvalue weighted by atomic mass is 9.85. The molecule has 0 radical (unpaired) electrons. The highest BCUT2D eigenvalue weighted by Gasteiger charge is 2.44. The fourth-order valence-electron chi connectivity index (χ4n) is 3.33. The van der Waals surface area contributed by atoms with Crippen molar-refractivity contribution in [2.24, 2.45) is 11.3 Å². The predicted molar refractivity (Wildman–Crippen MR) is 104 cm³/mol. The molecule has 1 fully saturated rings. The minimum atomic E-state index is -4.21. The van der Waals surface area contributed by atoms with Crippen molar-refractivity contribution in [2.75, 3.05) is 13.1 Å². The van der Waals surface area contributed by atoms with Crippen molar-refractivity contribution in [1.29, 1.82) is 0 Å². The number of piperidine rings is 1. The molecule has 0 N–H and O–H groups in total. The van der Waals surface area contributed by atoms with Crippen LogP contribution in [0.1, 0.15) is 46.5 Å². The minimum Gasteiger partial charge on any atom is -0.287 e. The summed E-state index contributed by atoms with van der Waals surface area (Å²) in [6.07, 6.45) is -3.10. The van der Waals surface area contributed by atoms with Crippen molar-refractivity contribution in [1.82, 2.24) is 4.90 Å². The summed E-state index contributed by atoms with van der Waals surface area (Å²) in [5.41, 5.74) is -0.215. The molecule has 0 aromatic heterocycles. The lowest BCUT2D eigenvalue weighted by molar-refractivity contribution is -0.185. The first-order chi connectivity index (χ1) is 12.0. The monoisotopic (exact) mass is 427 g/mol. The van der Waals surface area contributed by atoms with E-state index in [0.29, 0.717) is 6.42 Å². The van der Waals surface area contributed by atoms with Gasteiger partial charge in [-0.2, -0.15) is 13.2 Å². The maximum absolute atomic E-state index is 13.2. The number of hydrogen-bond acceptors (Lipinski definition) is 3. The Bertz CT molecular complexity index is 685. The van der Waals surface area contributed by atoms with E-state index in [1.54, 1.807) is 35.2 Å². The SMILES string of the molecule is CCC(C)(C)CC(N1CCC(C(F)(F)F)CC1)S(=O)(=O)c1ccccc1.Cl. The largest absolute Gasteiger partial charge is 0.391 e. The zero-order chi connectivity index (χ0) is 19.6. The van der Waals surface area contributed by atoms with E-state index in [2.05, 4.69) is 0 Å². The van der Waals surface area contributed by atoms with Crippen molar-refractivity contribution in [3.8, 4) is 0 Å². The van der Waals surface area contributed by atoms with Crippen molar-refractivity contribution >= 4 is 22.2 Å². The van der Waals surface area contributed by atoms with E-state index in [0.717, 1.165) is 6.42 Å². The van der Waals surface area contributed by atoms with Crippen molar-refractivity contribution in [2.45, 2.75) is 62.9 Å². The highest BCUT2D eigenvalue weighted by atomic mass is 35.5. The molecule has 3 nitrogen and oxygen atoms in total. The lowest BCUT2D eigenvalue weighted by Crippen LogP contribution is -2.49. The first-order valence-electron chi connectivity index (χ1n) is 9.07. The molecule has 1 aliphatic rings. The second-order valence-electron chi connectivity index (χ2n) is 7.89. The molecule has 0 bridgehead atoms. The van der Waals surface area contributed by atoms with Gasteiger partial charge in [0.05, 0.1) is 10.8 Å². The maximum Gasteiger partial charge on any atom is 0.391 e. The smallest absolute Gasteiger partial charge is 0.287 e. The highest BCUT2D eigenvalue weighted by molar-refractivity contribution is 7.92. The van der Waals surface area contributed by atoms with Gasteiger partial charge in [0, 0.05) is 0 Å². The van der Waals surface area contributed by atoms with Crippen molar-refractivity contribution in [3.05, 3.63) is 30.3 Å². The molecule has 27 heavy (non-hydrogen) atoms. The van der Waals surface area contributed by atoms with Crippen LogP contribution in [0.15, 0.2) is 35.2 Å². The van der Waals surface area contributed by atoms with E-state index in [-0.39, 0.29) is 48.6 Å². The van der Waals surface area contributed by atoms with Crippen LogP contribution in [0, 0.1) is 11.3 Å². The van der Waals surface area contributed by atoms with E-state index in [1.165, 1.54) is 0 Å². The van der Waals surface area contributed by atoms with Gasteiger partial charge in [0.1, 0.15) is 5.37 Å². The molecule has 1 heterocycles. The summed E-state index contributed by atoms with van der Waals surface area (Å²) in [5.74, 6) is -1.34. The average Bonchev–Trinajstić information content (AvgIpc) is 2.60. The van der Waals surface area contributed by atoms with E-state index >= 15 is 0 Å².